The minimum Gasteiger partial charge on any atom is -0.452 e. The van der Waals surface area contributed by atoms with E-state index in [4.69, 9.17) is 4.74 Å². The first-order valence-corrected chi connectivity index (χ1v) is 8.16. The van der Waals surface area contributed by atoms with E-state index < -0.39 is 17.5 Å². The molecule has 0 bridgehead atoms. The van der Waals surface area contributed by atoms with E-state index in [1.807, 2.05) is 37.3 Å². The Hall–Kier alpha value is -3.22. The van der Waals surface area contributed by atoms with Crippen LogP contribution in [0.1, 0.15) is 28.4 Å². The second-order valence-electron chi connectivity index (χ2n) is 5.70. The molecular weight excluding hydrogens is 336 g/mol. The monoisotopic (exact) mass is 356 g/mol. The lowest BCUT2D eigenvalue weighted by Gasteiger charge is -2.20. The van der Waals surface area contributed by atoms with Crippen molar-refractivity contribution in [1.29, 1.82) is 0 Å². The van der Waals surface area contributed by atoms with E-state index in [1.165, 1.54) is 12.1 Å². The Kier molecular flexibility index (Phi) is 6.43. The van der Waals surface area contributed by atoms with Crippen molar-refractivity contribution in [1.82, 2.24) is 4.90 Å². The van der Waals surface area contributed by atoms with Crippen LogP contribution in [0, 0.1) is 17.0 Å². The average Bonchev–Trinajstić information content (AvgIpc) is 2.64. The van der Waals surface area contributed by atoms with Crippen LogP contribution in [0.4, 0.5) is 5.69 Å². The van der Waals surface area contributed by atoms with Gasteiger partial charge < -0.3 is 9.64 Å². The quantitative estimate of drug-likeness (QED) is 0.432. The van der Waals surface area contributed by atoms with E-state index in [0.717, 1.165) is 5.56 Å². The van der Waals surface area contributed by atoms with E-state index in [0.29, 0.717) is 18.7 Å². The fourth-order valence-corrected chi connectivity index (χ4v) is 2.54. The van der Waals surface area contributed by atoms with E-state index in [-0.39, 0.29) is 17.2 Å². The Morgan fingerprint density at radius 1 is 1.12 bits per heavy atom. The number of benzene rings is 2. The van der Waals surface area contributed by atoms with Crippen molar-refractivity contribution >= 4 is 17.6 Å². The number of carbonyl (C=O) groups is 2. The van der Waals surface area contributed by atoms with Gasteiger partial charge in [0, 0.05) is 18.7 Å². The molecule has 1 amide bonds. The first-order chi connectivity index (χ1) is 12.4. The number of aryl methyl sites for hydroxylation is 1. The number of hydrogen-bond donors (Lipinski definition) is 0. The lowest BCUT2D eigenvalue weighted by molar-refractivity contribution is -0.385. The van der Waals surface area contributed by atoms with Gasteiger partial charge >= 0.3 is 5.97 Å². The third kappa shape index (κ3) is 4.66. The fraction of sp³-hybridized carbons (Fsp3) is 0.263. The summed E-state index contributed by atoms with van der Waals surface area (Å²) in [6.07, 6.45) is 0. The van der Waals surface area contributed by atoms with Crippen molar-refractivity contribution in [2.45, 2.75) is 20.4 Å². The number of rotatable bonds is 7. The van der Waals surface area contributed by atoms with Crippen molar-refractivity contribution in [3.8, 4) is 0 Å². The number of amides is 1. The van der Waals surface area contributed by atoms with Crippen LogP contribution in [0.25, 0.3) is 0 Å². The fourth-order valence-electron chi connectivity index (χ4n) is 2.54. The molecule has 0 saturated carbocycles. The Labute approximate surface area is 151 Å². The van der Waals surface area contributed by atoms with Gasteiger partial charge in [-0.3, -0.25) is 14.9 Å². The third-order valence-electron chi connectivity index (χ3n) is 3.92. The largest absolute Gasteiger partial charge is 0.452 e. The summed E-state index contributed by atoms with van der Waals surface area (Å²) >= 11 is 0. The zero-order valence-electron chi connectivity index (χ0n) is 14.7. The number of nitrogens with zero attached hydrogens (tertiary/aromatic N) is 2. The van der Waals surface area contributed by atoms with Gasteiger partial charge in [-0.25, -0.2) is 4.79 Å². The molecule has 0 aliphatic rings. The number of nitro groups is 1. The second-order valence-corrected chi connectivity index (χ2v) is 5.70. The molecule has 0 unspecified atom stereocenters. The molecule has 0 spiro atoms. The number of likely N-dealkylation sites (N-methyl/N-ethyl adjacent to an activating group) is 1. The maximum absolute atomic E-state index is 12.3. The average molecular weight is 356 g/mol. The van der Waals surface area contributed by atoms with Gasteiger partial charge in [-0.15, -0.1) is 0 Å². The molecule has 7 heteroatoms. The summed E-state index contributed by atoms with van der Waals surface area (Å²) < 4.78 is 5.02. The van der Waals surface area contributed by atoms with Gasteiger partial charge in [0.25, 0.3) is 11.6 Å². The Morgan fingerprint density at radius 3 is 2.42 bits per heavy atom. The molecule has 0 heterocycles. The van der Waals surface area contributed by atoms with Crippen LogP contribution in [0.5, 0.6) is 0 Å². The van der Waals surface area contributed by atoms with E-state index in [2.05, 4.69) is 0 Å². The summed E-state index contributed by atoms with van der Waals surface area (Å²) in [5, 5.41) is 11.2. The number of esters is 1. The molecule has 26 heavy (non-hydrogen) atoms. The number of nitro benzene ring substituents is 1. The molecule has 0 N–H and O–H groups in total. The van der Waals surface area contributed by atoms with Gasteiger partial charge in [0.1, 0.15) is 5.56 Å². The Morgan fingerprint density at radius 2 is 1.81 bits per heavy atom. The summed E-state index contributed by atoms with van der Waals surface area (Å²) in [6.45, 7) is 3.76. The third-order valence-corrected chi connectivity index (χ3v) is 3.92. The first-order valence-electron chi connectivity index (χ1n) is 8.16. The van der Waals surface area contributed by atoms with Crippen LogP contribution in [0.3, 0.4) is 0 Å². The van der Waals surface area contributed by atoms with Crippen LogP contribution in [0.15, 0.2) is 48.5 Å². The highest BCUT2D eigenvalue weighted by atomic mass is 16.6. The number of ether oxygens (including phenoxy) is 1. The summed E-state index contributed by atoms with van der Waals surface area (Å²) in [4.78, 5) is 36.6. The van der Waals surface area contributed by atoms with Crippen molar-refractivity contribution in [2.75, 3.05) is 13.2 Å². The zero-order chi connectivity index (χ0) is 19.1. The smallest absolute Gasteiger partial charge is 0.345 e. The molecule has 2 rings (SSSR count). The van der Waals surface area contributed by atoms with Crippen molar-refractivity contribution in [3.63, 3.8) is 0 Å². The highest BCUT2D eigenvalue weighted by molar-refractivity contribution is 5.95. The van der Waals surface area contributed by atoms with Gasteiger partial charge in [0.05, 0.1) is 4.92 Å². The molecule has 0 atom stereocenters. The number of hydrogen-bond acceptors (Lipinski definition) is 5. The SMILES string of the molecule is CCN(Cc1ccccc1)C(=O)COC(=O)c1cccc(C)c1[N+](=O)[O-]. The maximum atomic E-state index is 12.3. The highest BCUT2D eigenvalue weighted by Crippen LogP contribution is 2.23. The Bertz CT molecular complexity index is 805. The second kappa shape index (κ2) is 8.75. The summed E-state index contributed by atoms with van der Waals surface area (Å²) in [5.74, 6) is -1.25. The predicted octanol–water partition coefficient (Wildman–Crippen LogP) is 3.11. The Balaban J connectivity index is 2.03. The molecule has 2 aromatic rings. The zero-order valence-corrected chi connectivity index (χ0v) is 14.7. The topological polar surface area (TPSA) is 89.8 Å². The minimum absolute atomic E-state index is 0.158. The molecule has 0 aromatic heterocycles. The molecule has 0 aliphatic heterocycles. The van der Waals surface area contributed by atoms with Gasteiger partial charge in [-0.05, 0) is 25.5 Å². The van der Waals surface area contributed by atoms with Crippen molar-refractivity contribution < 1.29 is 19.2 Å². The number of para-hydroxylation sites is 1. The standard InChI is InChI=1S/C19H20N2O5/c1-3-20(12-15-9-5-4-6-10-15)17(22)13-26-19(23)16-11-7-8-14(2)18(16)21(24)25/h4-11H,3,12-13H2,1-2H3. The summed E-state index contributed by atoms with van der Waals surface area (Å²) in [6, 6.07) is 13.8. The molecule has 0 saturated heterocycles. The molecule has 2 aromatic carbocycles. The van der Waals surface area contributed by atoms with Crippen molar-refractivity contribution in [3.05, 3.63) is 75.3 Å². The van der Waals surface area contributed by atoms with Crippen LogP contribution in [-0.4, -0.2) is 34.9 Å². The molecule has 0 aliphatic carbocycles. The van der Waals surface area contributed by atoms with Crippen LogP contribution in [-0.2, 0) is 16.1 Å². The first kappa shape index (κ1) is 19.1. The molecular formula is C19H20N2O5. The normalized spacial score (nSPS) is 10.2. The lowest BCUT2D eigenvalue weighted by atomic mass is 10.1. The van der Waals surface area contributed by atoms with E-state index >= 15 is 0 Å². The summed E-state index contributed by atoms with van der Waals surface area (Å²) in [7, 11) is 0. The maximum Gasteiger partial charge on any atom is 0.345 e. The summed E-state index contributed by atoms with van der Waals surface area (Å²) in [5.41, 5.74) is 0.855. The van der Waals surface area contributed by atoms with E-state index in [9.17, 15) is 19.7 Å². The van der Waals surface area contributed by atoms with Gasteiger partial charge in [-0.2, -0.15) is 0 Å². The molecule has 136 valence electrons. The van der Waals surface area contributed by atoms with Gasteiger partial charge in [0.15, 0.2) is 6.61 Å². The van der Waals surface area contributed by atoms with Crippen LogP contribution in [0.2, 0.25) is 0 Å². The molecule has 7 nitrogen and oxygen atoms in total. The number of carbonyl (C=O) groups excluding carboxylic acids is 2. The minimum atomic E-state index is -0.885. The van der Waals surface area contributed by atoms with Crippen molar-refractivity contribution in [2.24, 2.45) is 0 Å². The van der Waals surface area contributed by atoms with Crippen LogP contribution < -0.4 is 0 Å². The van der Waals surface area contributed by atoms with Crippen LogP contribution >= 0.6 is 0 Å². The van der Waals surface area contributed by atoms with Gasteiger partial charge in [-0.1, -0.05) is 42.5 Å². The van der Waals surface area contributed by atoms with E-state index in [1.54, 1.807) is 17.9 Å². The molecule has 0 fully saturated rings. The lowest BCUT2D eigenvalue weighted by Crippen LogP contribution is -2.34. The molecule has 0 radical (unpaired) electrons. The van der Waals surface area contributed by atoms with Gasteiger partial charge in [0.2, 0.25) is 0 Å². The highest BCUT2D eigenvalue weighted by Gasteiger charge is 2.24. The predicted molar refractivity (Wildman–Crippen MR) is 95.6 cm³/mol.